The maximum absolute atomic E-state index is 11.2. The topological polar surface area (TPSA) is 101 Å². The number of hydrogen-bond donors (Lipinski definition) is 3. The highest BCUT2D eigenvalue weighted by Gasteiger charge is 2.09. The number of aromatic amines is 1. The van der Waals surface area contributed by atoms with Crippen molar-refractivity contribution in [1.82, 2.24) is 9.97 Å². The zero-order valence-corrected chi connectivity index (χ0v) is 9.73. The number of nitrogens with zero attached hydrogens (tertiary/aromatic N) is 1. The molecule has 0 aliphatic rings. The van der Waals surface area contributed by atoms with E-state index in [1.165, 1.54) is 0 Å². The van der Waals surface area contributed by atoms with Crippen LogP contribution in [0.1, 0.15) is 15.9 Å². The van der Waals surface area contributed by atoms with E-state index < -0.39 is 11.6 Å². The zero-order chi connectivity index (χ0) is 13.1. The first-order valence-electron chi connectivity index (χ1n) is 5.29. The van der Waals surface area contributed by atoms with Crippen molar-refractivity contribution >= 4 is 17.4 Å². The van der Waals surface area contributed by atoms with Crippen LogP contribution < -0.4 is 16.7 Å². The lowest BCUT2D eigenvalue weighted by Crippen LogP contribution is -2.20. The molecule has 6 nitrogen and oxygen atoms in total. The van der Waals surface area contributed by atoms with Crippen molar-refractivity contribution in [3.63, 3.8) is 0 Å². The van der Waals surface area contributed by atoms with Crippen LogP contribution in [0.2, 0.25) is 0 Å². The van der Waals surface area contributed by atoms with Gasteiger partial charge in [-0.15, -0.1) is 0 Å². The number of benzene rings is 1. The summed E-state index contributed by atoms with van der Waals surface area (Å²) in [6, 6.07) is 7.48. The van der Waals surface area contributed by atoms with E-state index in [0.717, 1.165) is 17.4 Å². The van der Waals surface area contributed by atoms with Crippen molar-refractivity contribution in [2.75, 3.05) is 5.32 Å². The molecule has 0 saturated carbocycles. The lowest BCUT2D eigenvalue weighted by molar-refractivity contribution is 0.100. The van der Waals surface area contributed by atoms with Crippen molar-refractivity contribution in [2.24, 2.45) is 5.73 Å². The number of carbonyl (C=O) groups excluding carboxylic acids is 1. The highest BCUT2D eigenvalue weighted by atomic mass is 16.1. The van der Waals surface area contributed by atoms with E-state index in [-0.39, 0.29) is 11.4 Å². The second-order valence-electron chi connectivity index (χ2n) is 3.83. The molecule has 0 saturated heterocycles. The second kappa shape index (κ2) is 4.70. The van der Waals surface area contributed by atoms with Crippen molar-refractivity contribution in [3.05, 3.63) is 52.1 Å². The summed E-state index contributed by atoms with van der Waals surface area (Å²) in [6.45, 7) is 1.97. The number of rotatable bonds is 3. The molecule has 1 amide bonds. The third kappa shape index (κ3) is 2.54. The third-order valence-electron chi connectivity index (χ3n) is 2.40. The smallest absolute Gasteiger partial charge is 0.346 e. The molecule has 0 aliphatic heterocycles. The Morgan fingerprint density at radius 2 is 2.00 bits per heavy atom. The van der Waals surface area contributed by atoms with Crippen LogP contribution in [0.15, 0.2) is 35.3 Å². The normalized spacial score (nSPS) is 10.1. The Kier molecular flexibility index (Phi) is 3.09. The summed E-state index contributed by atoms with van der Waals surface area (Å²) in [6.07, 6.45) is 1.15. The van der Waals surface area contributed by atoms with Gasteiger partial charge < -0.3 is 11.1 Å². The predicted molar refractivity (Wildman–Crippen MR) is 67.8 cm³/mol. The van der Waals surface area contributed by atoms with E-state index in [0.29, 0.717) is 0 Å². The van der Waals surface area contributed by atoms with Crippen LogP contribution in [-0.2, 0) is 0 Å². The highest BCUT2D eigenvalue weighted by molar-refractivity contribution is 5.97. The van der Waals surface area contributed by atoms with Crippen molar-refractivity contribution in [2.45, 2.75) is 6.92 Å². The molecule has 1 heterocycles. The van der Waals surface area contributed by atoms with E-state index in [2.05, 4.69) is 15.3 Å². The minimum atomic E-state index is -0.659. The molecule has 92 valence electrons. The molecule has 4 N–H and O–H groups in total. The summed E-state index contributed by atoms with van der Waals surface area (Å²) in [4.78, 5) is 28.3. The Morgan fingerprint density at radius 1 is 1.33 bits per heavy atom. The first-order valence-corrected chi connectivity index (χ1v) is 5.29. The molecule has 0 unspecified atom stereocenters. The van der Waals surface area contributed by atoms with Gasteiger partial charge in [0.2, 0.25) is 0 Å². The zero-order valence-electron chi connectivity index (χ0n) is 9.73. The quantitative estimate of drug-likeness (QED) is 0.747. The minimum absolute atomic E-state index is 0.134. The Labute approximate surface area is 103 Å². The number of hydrogen-bond acceptors (Lipinski definition) is 4. The van der Waals surface area contributed by atoms with Crippen LogP contribution in [0.5, 0.6) is 0 Å². The lowest BCUT2D eigenvalue weighted by Gasteiger charge is -2.09. The first kappa shape index (κ1) is 11.8. The molecule has 0 radical (unpaired) electrons. The van der Waals surface area contributed by atoms with Gasteiger partial charge in [-0.25, -0.2) is 9.78 Å². The Bertz CT molecular complexity index is 631. The van der Waals surface area contributed by atoms with Gasteiger partial charge in [0.15, 0.2) is 0 Å². The van der Waals surface area contributed by atoms with Gasteiger partial charge in [-0.2, -0.15) is 0 Å². The number of amides is 1. The summed E-state index contributed by atoms with van der Waals surface area (Å²) >= 11 is 0. The Morgan fingerprint density at radius 3 is 2.61 bits per heavy atom. The van der Waals surface area contributed by atoms with Crippen LogP contribution in [0.4, 0.5) is 11.5 Å². The molecule has 2 rings (SSSR count). The van der Waals surface area contributed by atoms with Gasteiger partial charge in [-0.1, -0.05) is 17.7 Å². The molecule has 0 fully saturated rings. The van der Waals surface area contributed by atoms with Crippen LogP contribution in [0.3, 0.4) is 0 Å². The molecular weight excluding hydrogens is 232 g/mol. The monoisotopic (exact) mass is 244 g/mol. The standard InChI is InChI=1S/C12H12N4O2/c1-7-2-4-8(5-3-7)15-11-9(10(13)17)6-14-12(18)16-11/h2-6H,1H3,(H2,13,17)(H2,14,15,16,18). The Hall–Kier alpha value is -2.63. The summed E-state index contributed by atoms with van der Waals surface area (Å²) < 4.78 is 0. The summed E-state index contributed by atoms with van der Waals surface area (Å²) in [5.74, 6) is -0.417. The highest BCUT2D eigenvalue weighted by Crippen LogP contribution is 2.16. The number of nitrogens with one attached hydrogen (secondary N) is 2. The lowest BCUT2D eigenvalue weighted by atomic mass is 10.2. The van der Waals surface area contributed by atoms with Gasteiger partial charge in [-0.05, 0) is 19.1 Å². The van der Waals surface area contributed by atoms with Gasteiger partial charge in [0.25, 0.3) is 5.91 Å². The van der Waals surface area contributed by atoms with Gasteiger partial charge in [-0.3, -0.25) is 9.78 Å². The number of carbonyl (C=O) groups is 1. The Balaban J connectivity index is 2.38. The second-order valence-corrected chi connectivity index (χ2v) is 3.83. The predicted octanol–water partition coefficient (Wildman–Crippen LogP) is 0.921. The fourth-order valence-corrected chi connectivity index (χ4v) is 1.46. The third-order valence-corrected chi connectivity index (χ3v) is 2.40. The minimum Gasteiger partial charge on any atom is -0.365 e. The molecule has 0 bridgehead atoms. The molecule has 0 aliphatic carbocycles. The van der Waals surface area contributed by atoms with Gasteiger partial charge in [0.1, 0.15) is 5.82 Å². The molecule has 18 heavy (non-hydrogen) atoms. The fourth-order valence-electron chi connectivity index (χ4n) is 1.46. The van der Waals surface area contributed by atoms with E-state index >= 15 is 0 Å². The van der Waals surface area contributed by atoms with Crippen LogP contribution >= 0.6 is 0 Å². The van der Waals surface area contributed by atoms with Crippen LogP contribution in [-0.4, -0.2) is 15.9 Å². The van der Waals surface area contributed by atoms with Gasteiger partial charge in [0.05, 0.1) is 5.56 Å². The number of aromatic nitrogens is 2. The van der Waals surface area contributed by atoms with Crippen LogP contribution in [0.25, 0.3) is 0 Å². The average Bonchev–Trinajstić information content (AvgIpc) is 2.32. The van der Waals surface area contributed by atoms with E-state index in [4.69, 9.17) is 5.73 Å². The van der Waals surface area contributed by atoms with Crippen molar-refractivity contribution in [3.8, 4) is 0 Å². The molecule has 1 aromatic heterocycles. The number of anilines is 2. The fraction of sp³-hybridized carbons (Fsp3) is 0.0833. The molecule has 0 spiro atoms. The summed E-state index contributed by atoms with van der Waals surface area (Å²) in [7, 11) is 0. The first-order chi connectivity index (χ1) is 8.56. The molecular formula is C12H12N4O2. The number of primary amides is 1. The van der Waals surface area contributed by atoms with E-state index in [1.54, 1.807) is 0 Å². The van der Waals surface area contributed by atoms with Gasteiger partial charge in [0, 0.05) is 11.9 Å². The number of H-pyrrole nitrogens is 1. The van der Waals surface area contributed by atoms with Crippen molar-refractivity contribution < 1.29 is 4.79 Å². The number of aryl methyl sites for hydroxylation is 1. The van der Waals surface area contributed by atoms with E-state index in [9.17, 15) is 9.59 Å². The molecule has 6 heteroatoms. The average molecular weight is 244 g/mol. The van der Waals surface area contributed by atoms with E-state index in [1.807, 2.05) is 31.2 Å². The summed E-state index contributed by atoms with van der Waals surface area (Å²) in [5.41, 5.74) is 6.64. The maximum atomic E-state index is 11.2. The molecule has 2 aromatic rings. The number of nitrogens with two attached hydrogens (primary N) is 1. The molecule has 1 aromatic carbocycles. The van der Waals surface area contributed by atoms with Crippen LogP contribution in [0, 0.1) is 6.92 Å². The summed E-state index contributed by atoms with van der Waals surface area (Å²) in [5, 5.41) is 2.93. The maximum Gasteiger partial charge on any atom is 0.346 e. The van der Waals surface area contributed by atoms with Gasteiger partial charge >= 0.3 is 5.69 Å². The largest absolute Gasteiger partial charge is 0.365 e. The van der Waals surface area contributed by atoms with Crippen molar-refractivity contribution in [1.29, 1.82) is 0 Å². The SMILES string of the molecule is Cc1ccc(Nc2[nH]c(=O)ncc2C(N)=O)cc1. The molecule has 0 atom stereocenters.